The van der Waals surface area contributed by atoms with Gasteiger partial charge in [0.2, 0.25) is 0 Å². The summed E-state index contributed by atoms with van der Waals surface area (Å²) >= 11 is 0. The number of ether oxygens (including phenoxy) is 2. The Hall–Kier alpha value is -1.59. The molecule has 5 nitrogen and oxygen atoms in total. The molecule has 0 spiro atoms. The fraction of sp³-hybridized carbons (Fsp3) is 0.632. The molecular weight excluding hydrogens is 304 g/mol. The van der Waals surface area contributed by atoms with Crippen LogP contribution in [0.25, 0.3) is 0 Å². The van der Waals surface area contributed by atoms with Gasteiger partial charge in [0.1, 0.15) is 6.61 Å². The van der Waals surface area contributed by atoms with Crippen LogP contribution in [0.1, 0.15) is 57.6 Å². The van der Waals surface area contributed by atoms with Gasteiger partial charge < -0.3 is 20.5 Å². The molecule has 1 fully saturated rings. The van der Waals surface area contributed by atoms with Crippen LogP contribution in [-0.4, -0.2) is 23.8 Å². The number of nitrogens with two attached hydrogens (primary N) is 1. The fourth-order valence-electron chi connectivity index (χ4n) is 2.69. The van der Waals surface area contributed by atoms with Gasteiger partial charge in [-0.3, -0.25) is 0 Å². The number of carbonyl (C=O) groups excluding carboxylic acids is 1. The molecule has 1 aromatic carbocycles. The summed E-state index contributed by atoms with van der Waals surface area (Å²) in [6.45, 7) is 6.64. The van der Waals surface area contributed by atoms with E-state index in [-0.39, 0.29) is 12.1 Å². The van der Waals surface area contributed by atoms with Crippen molar-refractivity contribution in [3.63, 3.8) is 0 Å². The topological polar surface area (TPSA) is 73.6 Å². The normalized spacial score (nSPS) is 21.3. The molecule has 0 unspecified atom stereocenters. The van der Waals surface area contributed by atoms with E-state index in [1.54, 1.807) is 0 Å². The van der Waals surface area contributed by atoms with Crippen molar-refractivity contribution in [2.24, 2.45) is 5.73 Å². The van der Waals surface area contributed by atoms with Crippen LogP contribution in [0.5, 0.6) is 0 Å². The lowest BCUT2D eigenvalue weighted by Gasteiger charge is -2.26. The van der Waals surface area contributed by atoms with E-state index in [9.17, 15) is 4.79 Å². The highest BCUT2D eigenvalue weighted by Gasteiger charge is 2.18. The van der Waals surface area contributed by atoms with Crippen LogP contribution in [0, 0.1) is 0 Å². The predicted molar refractivity (Wildman–Crippen MR) is 94.5 cm³/mol. The number of amides is 1. The summed E-state index contributed by atoms with van der Waals surface area (Å²) in [5.41, 5.74) is 7.71. The molecule has 0 aliphatic heterocycles. The molecule has 0 heterocycles. The lowest BCUT2D eigenvalue weighted by Crippen LogP contribution is -2.40. The van der Waals surface area contributed by atoms with Gasteiger partial charge in [-0.05, 0) is 57.6 Å². The maximum atomic E-state index is 11.6. The lowest BCUT2D eigenvalue weighted by molar-refractivity contribution is 0.0138. The van der Waals surface area contributed by atoms with E-state index in [1.807, 2.05) is 45.0 Å². The summed E-state index contributed by atoms with van der Waals surface area (Å²) in [6, 6.07) is 8.34. The summed E-state index contributed by atoms with van der Waals surface area (Å²) in [5.74, 6) is 0. The van der Waals surface area contributed by atoms with Crippen LogP contribution in [0.2, 0.25) is 0 Å². The molecule has 3 N–H and O–H groups in total. The van der Waals surface area contributed by atoms with Gasteiger partial charge in [0.25, 0.3) is 0 Å². The van der Waals surface area contributed by atoms with Gasteiger partial charge in [0, 0.05) is 11.6 Å². The third-order valence-electron chi connectivity index (χ3n) is 4.07. The summed E-state index contributed by atoms with van der Waals surface area (Å²) in [7, 11) is 0. The van der Waals surface area contributed by atoms with Crippen LogP contribution in [0.15, 0.2) is 24.3 Å². The highest BCUT2D eigenvalue weighted by Crippen LogP contribution is 2.21. The van der Waals surface area contributed by atoms with E-state index < -0.39 is 6.09 Å². The van der Waals surface area contributed by atoms with E-state index in [1.165, 1.54) is 0 Å². The van der Waals surface area contributed by atoms with Crippen LogP contribution >= 0.6 is 0 Å². The Morgan fingerprint density at radius 3 is 2.17 bits per heavy atom. The number of hydrogen-bond donors (Lipinski definition) is 2. The zero-order valence-electron chi connectivity index (χ0n) is 15.0. The van der Waals surface area contributed by atoms with Crippen molar-refractivity contribution in [1.29, 1.82) is 0 Å². The molecule has 0 aromatic heterocycles. The van der Waals surface area contributed by atoms with Crippen molar-refractivity contribution in [2.75, 3.05) is 0 Å². The fourth-order valence-corrected chi connectivity index (χ4v) is 2.69. The van der Waals surface area contributed by atoms with Gasteiger partial charge in [-0.1, -0.05) is 24.3 Å². The monoisotopic (exact) mass is 334 g/mol. The first-order valence-electron chi connectivity index (χ1n) is 8.72. The van der Waals surface area contributed by atoms with Gasteiger partial charge in [0.05, 0.1) is 12.7 Å². The van der Waals surface area contributed by atoms with Gasteiger partial charge in [0.15, 0.2) is 0 Å². The molecule has 0 bridgehead atoms. The van der Waals surface area contributed by atoms with E-state index >= 15 is 0 Å². The molecule has 0 saturated heterocycles. The minimum atomic E-state index is -0.398. The first-order valence-corrected chi connectivity index (χ1v) is 8.72. The highest BCUT2D eigenvalue weighted by atomic mass is 16.5. The molecule has 2 rings (SSSR count). The Morgan fingerprint density at radius 2 is 1.62 bits per heavy atom. The first-order chi connectivity index (χ1) is 11.3. The third kappa shape index (κ3) is 6.89. The number of rotatable bonds is 5. The zero-order valence-corrected chi connectivity index (χ0v) is 15.0. The maximum absolute atomic E-state index is 11.6. The SMILES string of the molecule is CC(C)(C)NC(=O)OCc1ccc(COC2CCC(N)CC2)cc1. The molecule has 1 aliphatic rings. The third-order valence-corrected chi connectivity index (χ3v) is 4.07. The molecule has 0 atom stereocenters. The summed E-state index contributed by atoms with van der Waals surface area (Å²) in [4.78, 5) is 11.6. The maximum Gasteiger partial charge on any atom is 0.407 e. The first kappa shape index (κ1) is 18.7. The van der Waals surface area contributed by atoms with Gasteiger partial charge >= 0.3 is 6.09 Å². The van der Waals surface area contributed by atoms with Crippen LogP contribution in [-0.2, 0) is 22.7 Å². The molecule has 1 saturated carbocycles. The molecule has 1 aromatic rings. The predicted octanol–water partition coefficient (Wildman–Crippen LogP) is 3.50. The van der Waals surface area contributed by atoms with Crippen molar-refractivity contribution in [2.45, 2.75) is 77.4 Å². The lowest BCUT2D eigenvalue weighted by atomic mass is 9.94. The Labute approximate surface area is 144 Å². The summed E-state index contributed by atoms with van der Waals surface area (Å²) in [5, 5.41) is 2.77. The van der Waals surface area contributed by atoms with Crippen LogP contribution in [0.3, 0.4) is 0 Å². The van der Waals surface area contributed by atoms with Crippen LogP contribution < -0.4 is 11.1 Å². The molecular formula is C19H30N2O3. The molecule has 134 valence electrons. The van der Waals surface area contributed by atoms with E-state index in [0.29, 0.717) is 18.8 Å². The molecule has 24 heavy (non-hydrogen) atoms. The molecule has 5 heteroatoms. The number of alkyl carbamates (subject to hydrolysis) is 1. The molecule has 1 amide bonds. The number of nitrogens with one attached hydrogen (secondary N) is 1. The van der Waals surface area contributed by atoms with E-state index in [2.05, 4.69) is 5.32 Å². The van der Waals surface area contributed by atoms with Crippen molar-refractivity contribution in [3.8, 4) is 0 Å². The van der Waals surface area contributed by atoms with Gasteiger partial charge in [-0.25, -0.2) is 4.79 Å². The Kier molecular flexibility index (Phi) is 6.63. The Balaban J connectivity index is 1.71. The second-order valence-corrected chi connectivity index (χ2v) is 7.62. The van der Waals surface area contributed by atoms with Gasteiger partial charge in [-0.2, -0.15) is 0 Å². The number of benzene rings is 1. The number of carbonyl (C=O) groups is 1. The van der Waals surface area contributed by atoms with E-state index in [0.717, 1.165) is 36.8 Å². The van der Waals surface area contributed by atoms with Crippen LogP contribution in [0.4, 0.5) is 4.79 Å². The smallest absolute Gasteiger partial charge is 0.407 e. The quantitative estimate of drug-likeness (QED) is 0.864. The minimum Gasteiger partial charge on any atom is -0.445 e. The molecule has 1 aliphatic carbocycles. The minimum absolute atomic E-state index is 0.267. The summed E-state index contributed by atoms with van der Waals surface area (Å²) < 4.78 is 11.2. The second kappa shape index (κ2) is 8.49. The summed E-state index contributed by atoms with van der Waals surface area (Å²) in [6.07, 6.45) is 4.14. The number of hydrogen-bond acceptors (Lipinski definition) is 4. The standard InChI is InChI=1S/C19H30N2O3/c1-19(2,3)21-18(22)24-13-15-6-4-14(5-7-15)12-23-17-10-8-16(20)9-11-17/h4-7,16-17H,8-13,20H2,1-3H3,(H,21,22). The van der Waals surface area contributed by atoms with Crippen molar-refractivity contribution in [3.05, 3.63) is 35.4 Å². The van der Waals surface area contributed by atoms with Gasteiger partial charge in [-0.15, -0.1) is 0 Å². The average molecular weight is 334 g/mol. The van der Waals surface area contributed by atoms with Crippen molar-refractivity contribution < 1.29 is 14.3 Å². The average Bonchev–Trinajstić information content (AvgIpc) is 2.52. The second-order valence-electron chi connectivity index (χ2n) is 7.62. The highest BCUT2D eigenvalue weighted by molar-refractivity contribution is 5.68. The van der Waals surface area contributed by atoms with Crippen molar-refractivity contribution >= 4 is 6.09 Å². The largest absolute Gasteiger partial charge is 0.445 e. The van der Waals surface area contributed by atoms with Crippen molar-refractivity contribution in [1.82, 2.24) is 5.32 Å². The zero-order chi connectivity index (χ0) is 17.6. The Bertz CT molecular complexity index is 514. The Morgan fingerprint density at radius 1 is 1.08 bits per heavy atom. The van der Waals surface area contributed by atoms with E-state index in [4.69, 9.17) is 15.2 Å². The molecule has 0 radical (unpaired) electrons.